The number of carbonyl (C=O) groups is 2. The molecular formula is C19H18N2O3. The minimum Gasteiger partial charge on any atom is -0.447 e. The Balaban J connectivity index is 1.37. The molecule has 0 radical (unpaired) electrons. The summed E-state index contributed by atoms with van der Waals surface area (Å²) in [4.78, 5) is 25.5. The summed E-state index contributed by atoms with van der Waals surface area (Å²) in [7, 11) is 0. The van der Waals surface area contributed by atoms with Crippen molar-refractivity contribution in [1.82, 2.24) is 0 Å². The first-order chi connectivity index (χ1) is 11.7. The third kappa shape index (κ3) is 2.85. The zero-order chi connectivity index (χ0) is 16.5. The lowest BCUT2D eigenvalue weighted by Gasteiger charge is -2.13. The average Bonchev–Trinajstić information content (AvgIpc) is 3.31. The Bertz CT molecular complexity index is 758. The number of rotatable bonds is 4. The Morgan fingerprint density at radius 3 is 2.50 bits per heavy atom. The molecule has 5 nitrogen and oxygen atoms in total. The molecule has 5 heteroatoms. The molecule has 0 spiro atoms. The van der Waals surface area contributed by atoms with Gasteiger partial charge in [0.15, 0.2) is 0 Å². The van der Waals surface area contributed by atoms with Gasteiger partial charge in [-0.25, -0.2) is 4.79 Å². The number of amides is 2. The molecule has 1 N–H and O–H groups in total. The summed E-state index contributed by atoms with van der Waals surface area (Å²) in [5.41, 5.74) is 2.75. The number of nitrogens with one attached hydrogen (secondary N) is 1. The first-order valence-electron chi connectivity index (χ1n) is 8.12. The van der Waals surface area contributed by atoms with Crippen LogP contribution in [0.2, 0.25) is 0 Å². The lowest BCUT2D eigenvalue weighted by atomic mass is 10.1. The molecule has 2 fully saturated rings. The Morgan fingerprint density at radius 2 is 1.83 bits per heavy atom. The smallest absolute Gasteiger partial charge is 0.414 e. The van der Waals surface area contributed by atoms with Gasteiger partial charge in [0.1, 0.15) is 6.61 Å². The summed E-state index contributed by atoms with van der Waals surface area (Å²) in [5, 5.41) is 2.96. The monoisotopic (exact) mass is 322 g/mol. The lowest BCUT2D eigenvalue weighted by molar-refractivity contribution is -0.117. The summed E-state index contributed by atoms with van der Waals surface area (Å²) in [6.45, 7) is 0.977. The molecule has 122 valence electrons. The van der Waals surface area contributed by atoms with Crippen LogP contribution in [0, 0.1) is 5.92 Å². The van der Waals surface area contributed by atoms with Crippen LogP contribution in [0.4, 0.5) is 16.2 Å². The second-order valence-electron chi connectivity index (χ2n) is 6.16. The number of benzene rings is 2. The summed E-state index contributed by atoms with van der Waals surface area (Å²) < 4.78 is 4.93. The average molecular weight is 322 g/mol. The van der Waals surface area contributed by atoms with Crippen molar-refractivity contribution in [1.29, 1.82) is 0 Å². The lowest BCUT2D eigenvalue weighted by Crippen LogP contribution is -2.23. The largest absolute Gasteiger partial charge is 0.447 e. The Kier molecular flexibility index (Phi) is 3.69. The van der Waals surface area contributed by atoms with Crippen LogP contribution in [-0.2, 0) is 9.53 Å². The van der Waals surface area contributed by atoms with Gasteiger partial charge in [-0.2, -0.15) is 0 Å². The maximum absolute atomic E-state index is 12.4. The SMILES string of the molecule is O=C(Nc1ccc(N2CCOC2=O)cc1)C1CC1c1ccccc1. The van der Waals surface area contributed by atoms with Crippen molar-refractivity contribution < 1.29 is 14.3 Å². The van der Waals surface area contributed by atoms with E-state index in [1.165, 1.54) is 5.56 Å². The predicted octanol–water partition coefficient (Wildman–Crippen LogP) is 3.39. The van der Waals surface area contributed by atoms with Crippen molar-refractivity contribution in [3.05, 3.63) is 60.2 Å². The minimum atomic E-state index is -0.324. The highest BCUT2D eigenvalue weighted by molar-refractivity contribution is 5.96. The zero-order valence-electron chi connectivity index (χ0n) is 13.1. The van der Waals surface area contributed by atoms with Gasteiger partial charge in [0.25, 0.3) is 0 Å². The van der Waals surface area contributed by atoms with E-state index in [-0.39, 0.29) is 17.9 Å². The van der Waals surface area contributed by atoms with E-state index in [9.17, 15) is 9.59 Å². The second-order valence-corrected chi connectivity index (χ2v) is 6.16. The van der Waals surface area contributed by atoms with Crippen molar-refractivity contribution in [2.45, 2.75) is 12.3 Å². The fraction of sp³-hybridized carbons (Fsp3) is 0.263. The molecule has 2 aromatic rings. The Labute approximate surface area is 140 Å². The number of ether oxygens (including phenoxy) is 1. The van der Waals surface area contributed by atoms with Crippen LogP contribution in [0.1, 0.15) is 17.9 Å². The van der Waals surface area contributed by atoms with E-state index >= 15 is 0 Å². The van der Waals surface area contributed by atoms with Gasteiger partial charge in [0, 0.05) is 17.3 Å². The van der Waals surface area contributed by atoms with Crippen LogP contribution >= 0.6 is 0 Å². The molecule has 1 aliphatic heterocycles. The van der Waals surface area contributed by atoms with Crippen molar-refractivity contribution in [2.24, 2.45) is 5.92 Å². The van der Waals surface area contributed by atoms with Gasteiger partial charge in [-0.1, -0.05) is 30.3 Å². The van der Waals surface area contributed by atoms with Crippen molar-refractivity contribution in [2.75, 3.05) is 23.4 Å². The van der Waals surface area contributed by atoms with Crippen molar-refractivity contribution >= 4 is 23.4 Å². The number of cyclic esters (lactones) is 1. The second kappa shape index (κ2) is 6.00. The third-order valence-corrected chi connectivity index (χ3v) is 4.56. The number of carbonyl (C=O) groups excluding carboxylic acids is 2. The molecular weight excluding hydrogens is 304 g/mol. The standard InChI is InChI=1S/C19H18N2O3/c22-18(17-12-16(17)13-4-2-1-3-5-13)20-14-6-8-15(9-7-14)21-10-11-24-19(21)23/h1-9,16-17H,10-12H2,(H,20,22). The summed E-state index contributed by atoms with van der Waals surface area (Å²) in [6.07, 6.45) is 0.573. The van der Waals surface area contributed by atoms with Crippen LogP contribution in [-0.4, -0.2) is 25.2 Å². The van der Waals surface area contributed by atoms with Gasteiger partial charge in [-0.05, 0) is 42.2 Å². The summed E-state index contributed by atoms with van der Waals surface area (Å²) in [6, 6.07) is 17.4. The van der Waals surface area contributed by atoms with Crippen molar-refractivity contribution in [3.63, 3.8) is 0 Å². The molecule has 1 saturated carbocycles. The Morgan fingerprint density at radius 1 is 1.08 bits per heavy atom. The molecule has 1 aliphatic carbocycles. The van der Waals surface area contributed by atoms with Crippen LogP contribution in [0.3, 0.4) is 0 Å². The number of anilines is 2. The van der Waals surface area contributed by atoms with E-state index in [1.807, 2.05) is 42.5 Å². The summed E-state index contributed by atoms with van der Waals surface area (Å²) in [5.74, 6) is 0.419. The molecule has 2 aromatic carbocycles. The van der Waals surface area contributed by atoms with E-state index < -0.39 is 0 Å². The number of hydrogen-bond acceptors (Lipinski definition) is 3. The van der Waals surface area contributed by atoms with E-state index in [0.717, 1.165) is 17.8 Å². The quantitative estimate of drug-likeness (QED) is 0.939. The van der Waals surface area contributed by atoms with Gasteiger partial charge in [-0.3, -0.25) is 9.69 Å². The molecule has 2 aliphatic rings. The predicted molar refractivity (Wildman–Crippen MR) is 91.1 cm³/mol. The molecule has 0 aromatic heterocycles. The van der Waals surface area contributed by atoms with Crippen molar-refractivity contribution in [3.8, 4) is 0 Å². The third-order valence-electron chi connectivity index (χ3n) is 4.56. The van der Waals surface area contributed by atoms with Gasteiger partial charge in [0.2, 0.25) is 5.91 Å². The zero-order valence-corrected chi connectivity index (χ0v) is 13.1. The fourth-order valence-electron chi connectivity index (χ4n) is 3.14. The Hall–Kier alpha value is -2.82. The first kappa shape index (κ1) is 14.8. The van der Waals surface area contributed by atoms with Gasteiger partial charge in [-0.15, -0.1) is 0 Å². The highest BCUT2D eigenvalue weighted by Gasteiger charge is 2.43. The van der Waals surface area contributed by atoms with Crippen LogP contribution in [0.15, 0.2) is 54.6 Å². The molecule has 1 saturated heterocycles. The normalized spacial score (nSPS) is 22.2. The minimum absolute atomic E-state index is 0.0423. The van der Waals surface area contributed by atoms with Gasteiger partial charge < -0.3 is 10.1 Å². The summed E-state index contributed by atoms with van der Waals surface area (Å²) >= 11 is 0. The number of hydrogen-bond donors (Lipinski definition) is 1. The molecule has 24 heavy (non-hydrogen) atoms. The van der Waals surface area contributed by atoms with E-state index in [2.05, 4.69) is 17.4 Å². The maximum atomic E-state index is 12.4. The van der Waals surface area contributed by atoms with E-state index in [0.29, 0.717) is 19.1 Å². The molecule has 2 amide bonds. The van der Waals surface area contributed by atoms with Crippen LogP contribution in [0.5, 0.6) is 0 Å². The molecule has 0 bridgehead atoms. The highest BCUT2D eigenvalue weighted by atomic mass is 16.6. The highest BCUT2D eigenvalue weighted by Crippen LogP contribution is 2.47. The number of nitrogens with zero attached hydrogens (tertiary/aromatic N) is 1. The van der Waals surface area contributed by atoms with Gasteiger partial charge >= 0.3 is 6.09 Å². The van der Waals surface area contributed by atoms with Crippen LogP contribution < -0.4 is 10.2 Å². The van der Waals surface area contributed by atoms with Gasteiger partial charge in [0.05, 0.1) is 6.54 Å². The van der Waals surface area contributed by atoms with Crippen LogP contribution in [0.25, 0.3) is 0 Å². The molecule has 4 rings (SSSR count). The molecule has 2 unspecified atom stereocenters. The fourth-order valence-corrected chi connectivity index (χ4v) is 3.14. The maximum Gasteiger partial charge on any atom is 0.414 e. The van der Waals surface area contributed by atoms with E-state index in [4.69, 9.17) is 4.74 Å². The van der Waals surface area contributed by atoms with E-state index in [1.54, 1.807) is 4.90 Å². The first-order valence-corrected chi connectivity index (χ1v) is 8.12. The molecule has 1 heterocycles. The topological polar surface area (TPSA) is 58.6 Å². The molecule has 2 atom stereocenters.